The van der Waals surface area contributed by atoms with Gasteiger partial charge < -0.3 is 15.8 Å². The van der Waals surface area contributed by atoms with Crippen LogP contribution in [-0.4, -0.2) is 28.7 Å². The van der Waals surface area contributed by atoms with E-state index in [1.807, 2.05) is 33.8 Å². The normalized spacial score (nSPS) is 11.5. The molecule has 1 heterocycles. The number of aromatic nitrogens is 2. The second-order valence-corrected chi connectivity index (χ2v) is 4.30. The van der Waals surface area contributed by atoms with Gasteiger partial charge in [-0.1, -0.05) is 0 Å². The fraction of sp³-hybridized carbons (Fsp3) is 0.636. The molecule has 1 aromatic heterocycles. The SMILES string of the molecule is CCOC(C)(C)CNc1cc(C)nc(N)n1. The van der Waals surface area contributed by atoms with Gasteiger partial charge >= 0.3 is 0 Å². The van der Waals surface area contributed by atoms with Gasteiger partial charge in [-0.05, 0) is 27.7 Å². The molecular formula is C11H20N4O. The lowest BCUT2D eigenvalue weighted by atomic mass is 10.1. The molecule has 0 saturated carbocycles. The van der Waals surface area contributed by atoms with Gasteiger partial charge in [0.25, 0.3) is 0 Å². The highest BCUT2D eigenvalue weighted by molar-refractivity contribution is 5.40. The Hall–Kier alpha value is -1.36. The second kappa shape index (κ2) is 5.12. The highest BCUT2D eigenvalue weighted by Gasteiger charge is 2.17. The lowest BCUT2D eigenvalue weighted by Crippen LogP contribution is -2.33. The first kappa shape index (κ1) is 12.7. The molecule has 5 heteroatoms. The van der Waals surface area contributed by atoms with E-state index in [4.69, 9.17) is 10.5 Å². The number of anilines is 2. The van der Waals surface area contributed by atoms with Crippen LogP contribution in [0.25, 0.3) is 0 Å². The molecule has 1 aromatic rings. The van der Waals surface area contributed by atoms with Crippen LogP contribution in [-0.2, 0) is 4.74 Å². The van der Waals surface area contributed by atoms with Crippen LogP contribution >= 0.6 is 0 Å². The topological polar surface area (TPSA) is 73.1 Å². The quantitative estimate of drug-likeness (QED) is 0.794. The van der Waals surface area contributed by atoms with E-state index in [9.17, 15) is 0 Å². The minimum Gasteiger partial charge on any atom is -0.374 e. The standard InChI is InChI=1S/C11H20N4O/c1-5-16-11(3,4)7-13-9-6-8(2)14-10(12)15-9/h6H,5,7H2,1-4H3,(H3,12,13,14,15). The maximum Gasteiger partial charge on any atom is 0.222 e. The van der Waals surface area contributed by atoms with E-state index in [0.717, 1.165) is 11.5 Å². The molecule has 0 bridgehead atoms. The molecule has 16 heavy (non-hydrogen) atoms. The number of nitrogens with zero attached hydrogens (tertiary/aromatic N) is 2. The van der Waals surface area contributed by atoms with E-state index in [1.165, 1.54) is 0 Å². The molecule has 0 radical (unpaired) electrons. The van der Waals surface area contributed by atoms with Crippen molar-refractivity contribution >= 4 is 11.8 Å². The molecular weight excluding hydrogens is 204 g/mol. The van der Waals surface area contributed by atoms with Crippen molar-refractivity contribution in [2.45, 2.75) is 33.3 Å². The van der Waals surface area contributed by atoms with E-state index in [0.29, 0.717) is 13.2 Å². The summed E-state index contributed by atoms with van der Waals surface area (Å²) in [6, 6.07) is 1.86. The van der Waals surface area contributed by atoms with Crippen molar-refractivity contribution in [1.82, 2.24) is 9.97 Å². The van der Waals surface area contributed by atoms with Gasteiger partial charge in [0.05, 0.1) is 5.60 Å². The Morgan fingerprint density at radius 3 is 2.69 bits per heavy atom. The second-order valence-electron chi connectivity index (χ2n) is 4.30. The highest BCUT2D eigenvalue weighted by atomic mass is 16.5. The number of hydrogen-bond acceptors (Lipinski definition) is 5. The highest BCUT2D eigenvalue weighted by Crippen LogP contribution is 2.12. The van der Waals surface area contributed by atoms with Crippen LogP contribution in [0.15, 0.2) is 6.07 Å². The van der Waals surface area contributed by atoms with Crippen LogP contribution in [0.1, 0.15) is 26.5 Å². The van der Waals surface area contributed by atoms with Crippen molar-refractivity contribution in [3.63, 3.8) is 0 Å². The van der Waals surface area contributed by atoms with Crippen molar-refractivity contribution in [1.29, 1.82) is 0 Å². The number of nitrogens with one attached hydrogen (secondary N) is 1. The predicted molar refractivity (Wildman–Crippen MR) is 65.4 cm³/mol. The number of hydrogen-bond donors (Lipinski definition) is 2. The van der Waals surface area contributed by atoms with Crippen molar-refractivity contribution in [3.8, 4) is 0 Å². The molecule has 0 saturated heterocycles. The van der Waals surface area contributed by atoms with E-state index >= 15 is 0 Å². The summed E-state index contributed by atoms with van der Waals surface area (Å²) in [6.07, 6.45) is 0. The van der Waals surface area contributed by atoms with Gasteiger partial charge in [0.15, 0.2) is 0 Å². The van der Waals surface area contributed by atoms with Crippen molar-refractivity contribution in [2.75, 3.05) is 24.2 Å². The number of nitrogens with two attached hydrogens (primary N) is 1. The van der Waals surface area contributed by atoms with Crippen molar-refractivity contribution < 1.29 is 4.74 Å². The van der Waals surface area contributed by atoms with Gasteiger partial charge in [0, 0.05) is 24.9 Å². The van der Waals surface area contributed by atoms with E-state index in [2.05, 4.69) is 15.3 Å². The van der Waals surface area contributed by atoms with Gasteiger partial charge in [0.2, 0.25) is 5.95 Å². The Kier molecular flexibility index (Phi) is 4.06. The Bertz CT molecular complexity index is 332. The van der Waals surface area contributed by atoms with Crippen molar-refractivity contribution in [3.05, 3.63) is 11.8 Å². The number of nitrogen functional groups attached to an aromatic ring is 1. The van der Waals surface area contributed by atoms with E-state index < -0.39 is 0 Å². The van der Waals surface area contributed by atoms with Gasteiger partial charge in [-0.25, -0.2) is 4.98 Å². The van der Waals surface area contributed by atoms with Crippen LogP contribution in [0.2, 0.25) is 0 Å². The van der Waals surface area contributed by atoms with Gasteiger partial charge in [0.1, 0.15) is 5.82 Å². The minimum atomic E-state index is -0.220. The predicted octanol–water partition coefficient (Wildman–Crippen LogP) is 1.59. The summed E-state index contributed by atoms with van der Waals surface area (Å²) in [6.45, 7) is 9.30. The molecule has 1 rings (SSSR count). The summed E-state index contributed by atoms with van der Waals surface area (Å²) >= 11 is 0. The Morgan fingerprint density at radius 2 is 2.12 bits per heavy atom. The molecule has 0 aromatic carbocycles. The Labute approximate surface area is 96.4 Å². The fourth-order valence-corrected chi connectivity index (χ4v) is 1.43. The summed E-state index contributed by atoms with van der Waals surface area (Å²) in [5.74, 6) is 1.02. The largest absolute Gasteiger partial charge is 0.374 e. The monoisotopic (exact) mass is 224 g/mol. The molecule has 90 valence electrons. The number of rotatable bonds is 5. The summed E-state index contributed by atoms with van der Waals surface area (Å²) < 4.78 is 5.57. The molecule has 0 fully saturated rings. The average molecular weight is 224 g/mol. The molecule has 0 amide bonds. The summed E-state index contributed by atoms with van der Waals surface area (Å²) in [5.41, 5.74) is 6.20. The van der Waals surface area contributed by atoms with Crippen LogP contribution < -0.4 is 11.1 Å². The van der Waals surface area contributed by atoms with Crippen LogP contribution in [0, 0.1) is 6.92 Å². The molecule has 0 aliphatic carbocycles. The molecule has 0 atom stereocenters. The molecule has 0 unspecified atom stereocenters. The zero-order chi connectivity index (χ0) is 12.2. The number of aryl methyl sites for hydroxylation is 1. The molecule has 0 aliphatic rings. The first-order chi connectivity index (χ1) is 7.43. The first-order valence-electron chi connectivity index (χ1n) is 5.42. The molecule has 5 nitrogen and oxygen atoms in total. The minimum absolute atomic E-state index is 0.220. The maximum atomic E-state index is 5.57. The third-order valence-electron chi connectivity index (χ3n) is 2.10. The average Bonchev–Trinajstić information content (AvgIpc) is 2.13. The molecule has 3 N–H and O–H groups in total. The van der Waals surface area contributed by atoms with E-state index in [1.54, 1.807) is 0 Å². The Morgan fingerprint density at radius 1 is 1.44 bits per heavy atom. The first-order valence-corrected chi connectivity index (χ1v) is 5.42. The van der Waals surface area contributed by atoms with Gasteiger partial charge in [-0.3, -0.25) is 0 Å². The van der Waals surface area contributed by atoms with Crippen LogP contribution in [0.5, 0.6) is 0 Å². The number of ether oxygens (including phenoxy) is 1. The van der Waals surface area contributed by atoms with E-state index in [-0.39, 0.29) is 11.5 Å². The Balaban J connectivity index is 2.60. The third kappa shape index (κ3) is 4.02. The third-order valence-corrected chi connectivity index (χ3v) is 2.10. The smallest absolute Gasteiger partial charge is 0.222 e. The van der Waals surface area contributed by atoms with Gasteiger partial charge in [-0.15, -0.1) is 0 Å². The summed E-state index contributed by atoms with van der Waals surface area (Å²) in [5, 5.41) is 3.20. The lowest BCUT2D eigenvalue weighted by Gasteiger charge is -2.25. The fourth-order valence-electron chi connectivity index (χ4n) is 1.43. The zero-order valence-electron chi connectivity index (χ0n) is 10.4. The van der Waals surface area contributed by atoms with Crippen LogP contribution in [0.3, 0.4) is 0 Å². The summed E-state index contributed by atoms with van der Waals surface area (Å²) in [4.78, 5) is 8.11. The molecule has 0 aliphatic heterocycles. The summed E-state index contributed by atoms with van der Waals surface area (Å²) in [7, 11) is 0. The van der Waals surface area contributed by atoms with Crippen LogP contribution in [0.4, 0.5) is 11.8 Å². The lowest BCUT2D eigenvalue weighted by molar-refractivity contribution is 0.000640. The molecule has 0 spiro atoms. The zero-order valence-corrected chi connectivity index (χ0v) is 10.4. The van der Waals surface area contributed by atoms with Gasteiger partial charge in [-0.2, -0.15) is 4.98 Å². The van der Waals surface area contributed by atoms with Crippen molar-refractivity contribution in [2.24, 2.45) is 0 Å². The maximum absolute atomic E-state index is 5.57.